The number of anilines is 1. The van der Waals surface area contributed by atoms with Crippen molar-refractivity contribution in [3.05, 3.63) is 18.3 Å². The summed E-state index contributed by atoms with van der Waals surface area (Å²) in [6.45, 7) is 1.48. The van der Waals surface area contributed by atoms with E-state index in [0.717, 1.165) is 5.82 Å². The lowest BCUT2D eigenvalue weighted by atomic mass is 9.95. The van der Waals surface area contributed by atoms with E-state index in [1.54, 1.807) is 13.3 Å². The number of hydrogen-bond acceptors (Lipinski definition) is 5. The second-order valence-electron chi connectivity index (χ2n) is 3.60. The highest BCUT2D eigenvalue weighted by molar-refractivity contribution is 5.42. The highest BCUT2D eigenvalue weighted by atomic mass is 16.5. The molecule has 1 aliphatic rings. The van der Waals surface area contributed by atoms with Crippen molar-refractivity contribution in [3.8, 4) is 0 Å². The number of aliphatic hydroxyl groups is 1. The molecule has 14 heavy (non-hydrogen) atoms. The largest absolute Gasteiger partial charge is 0.384 e. The summed E-state index contributed by atoms with van der Waals surface area (Å²) in [5.74, 6) is 0.799. The zero-order chi connectivity index (χ0) is 10.0. The first-order chi connectivity index (χ1) is 6.73. The fourth-order valence-corrected chi connectivity index (χ4v) is 1.65. The van der Waals surface area contributed by atoms with E-state index in [-0.39, 0.29) is 0 Å². The average Bonchev–Trinajstić information content (AvgIpc) is 2.16. The molecule has 76 valence electrons. The van der Waals surface area contributed by atoms with E-state index in [9.17, 15) is 5.11 Å². The van der Waals surface area contributed by atoms with E-state index in [1.807, 2.05) is 17.0 Å². The number of methoxy groups -OCH3 is 1. The number of nitrogens with zero attached hydrogens (tertiary/aromatic N) is 3. The second-order valence-corrected chi connectivity index (χ2v) is 3.60. The maximum Gasteiger partial charge on any atom is 0.151 e. The highest BCUT2D eigenvalue weighted by Gasteiger charge is 2.41. The van der Waals surface area contributed by atoms with Crippen LogP contribution in [-0.2, 0) is 4.74 Å². The average molecular weight is 195 g/mol. The van der Waals surface area contributed by atoms with Crippen molar-refractivity contribution in [2.45, 2.75) is 5.60 Å². The molecule has 2 heterocycles. The van der Waals surface area contributed by atoms with Crippen LogP contribution in [0.5, 0.6) is 0 Å². The summed E-state index contributed by atoms with van der Waals surface area (Å²) in [5.41, 5.74) is -0.716. The van der Waals surface area contributed by atoms with Crippen LogP contribution in [0.25, 0.3) is 0 Å². The molecular weight excluding hydrogens is 182 g/mol. The van der Waals surface area contributed by atoms with Crippen molar-refractivity contribution >= 4 is 5.82 Å². The Kier molecular flexibility index (Phi) is 2.35. The third-order valence-electron chi connectivity index (χ3n) is 2.27. The molecular formula is C9H13N3O2. The molecule has 5 heteroatoms. The zero-order valence-electron chi connectivity index (χ0n) is 8.05. The minimum atomic E-state index is -0.716. The molecule has 0 amide bonds. The van der Waals surface area contributed by atoms with E-state index >= 15 is 0 Å². The molecule has 0 aliphatic carbocycles. The first kappa shape index (κ1) is 9.36. The van der Waals surface area contributed by atoms with Crippen LogP contribution in [0.15, 0.2) is 18.3 Å². The van der Waals surface area contributed by atoms with E-state index in [2.05, 4.69) is 10.2 Å². The molecule has 0 atom stereocenters. The van der Waals surface area contributed by atoms with Gasteiger partial charge in [0.25, 0.3) is 0 Å². The maximum atomic E-state index is 9.83. The predicted octanol–water partition coefficient (Wildman–Crippen LogP) is -0.326. The predicted molar refractivity (Wildman–Crippen MR) is 51.1 cm³/mol. The van der Waals surface area contributed by atoms with Crippen molar-refractivity contribution in [1.82, 2.24) is 10.2 Å². The Bertz CT molecular complexity index is 298. The molecule has 2 rings (SSSR count). The molecule has 1 fully saturated rings. The van der Waals surface area contributed by atoms with Gasteiger partial charge < -0.3 is 14.7 Å². The fraction of sp³-hybridized carbons (Fsp3) is 0.556. The van der Waals surface area contributed by atoms with Crippen molar-refractivity contribution < 1.29 is 9.84 Å². The third-order valence-corrected chi connectivity index (χ3v) is 2.27. The number of hydrogen-bond donors (Lipinski definition) is 1. The molecule has 0 unspecified atom stereocenters. The molecule has 0 saturated carbocycles. The molecule has 1 N–H and O–H groups in total. The lowest BCUT2D eigenvalue weighted by Gasteiger charge is -2.46. The Balaban J connectivity index is 1.95. The summed E-state index contributed by atoms with van der Waals surface area (Å²) in [5, 5.41) is 17.6. The smallest absolute Gasteiger partial charge is 0.151 e. The normalized spacial score (nSPS) is 19.1. The van der Waals surface area contributed by atoms with Crippen LogP contribution >= 0.6 is 0 Å². The van der Waals surface area contributed by atoms with Gasteiger partial charge in [-0.1, -0.05) is 0 Å². The Labute approximate surface area is 82.3 Å². The number of aromatic nitrogens is 2. The molecule has 0 bridgehead atoms. The molecule has 0 aromatic carbocycles. The Morgan fingerprint density at radius 2 is 2.43 bits per heavy atom. The zero-order valence-corrected chi connectivity index (χ0v) is 8.05. The van der Waals surface area contributed by atoms with Crippen LogP contribution in [-0.4, -0.2) is 47.7 Å². The minimum absolute atomic E-state index is 0.365. The van der Waals surface area contributed by atoms with Crippen molar-refractivity contribution in [3.63, 3.8) is 0 Å². The molecule has 1 saturated heterocycles. The summed E-state index contributed by atoms with van der Waals surface area (Å²) in [4.78, 5) is 1.96. The van der Waals surface area contributed by atoms with Crippen molar-refractivity contribution in [1.29, 1.82) is 0 Å². The Hall–Kier alpha value is -1.20. The summed E-state index contributed by atoms with van der Waals surface area (Å²) in [6, 6.07) is 3.70. The van der Waals surface area contributed by atoms with Crippen LogP contribution in [0.2, 0.25) is 0 Å². The van der Waals surface area contributed by atoms with Gasteiger partial charge in [0.05, 0.1) is 19.7 Å². The van der Waals surface area contributed by atoms with E-state index in [4.69, 9.17) is 4.74 Å². The second kappa shape index (κ2) is 3.51. The monoisotopic (exact) mass is 195 g/mol. The van der Waals surface area contributed by atoms with Gasteiger partial charge in [0, 0.05) is 13.3 Å². The quantitative estimate of drug-likeness (QED) is 0.716. The molecule has 5 nitrogen and oxygen atoms in total. The van der Waals surface area contributed by atoms with Gasteiger partial charge in [-0.15, -0.1) is 5.10 Å². The summed E-state index contributed by atoms with van der Waals surface area (Å²) >= 11 is 0. The minimum Gasteiger partial charge on any atom is -0.384 e. The highest BCUT2D eigenvalue weighted by Crippen LogP contribution is 2.25. The van der Waals surface area contributed by atoms with Gasteiger partial charge in [-0.05, 0) is 12.1 Å². The summed E-state index contributed by atoms with van der Waals surface area (Å²) in [7, 11) is 1.59. The molecule has 0 radical (unpaired) electrons. The Morgan fingerprint density at radius 1 is 1.64 bits per heavy atom. The van der Waals surface area contributed by atoms with Crippen LogP contribution in [0, 0.1) is 0 Å². The van der Waals surface area contributed by atoms with Crippen LogP contribution in [0.3, 0.4) is 0 Å². The topological polar surface area (TPSA) is 58.5 Å². The molecule has 0 spiro atoms. The number of rotatable bonds is 3. The Morgan fingerprint density at radius 3 is 3.00 bits per heavy atom. The summed E-state index contributed by atoms with van der Waals surface area (Å²) < 4.78 is 4.92. The van der Waals surface area contributed by atoms with Crippen LogP contribution in [0.1, 0.15) is 0 Å². The van der Waals surface area contributed by atoms with Crippen LogP contribution in [0.4, 0.5) is 5.82 Å². The summed E-state index contributed by atoms with van der Waals surface area (Å²) in [6.07, 6.45) is 1.63. The van der Waals surface area contributed by atoms with Crippen molar-refractivity contribution in [2.75, 3.05) is 31.7 Å². The molecule has 1 aromatic rings. The lowest BCUT2D eigenvalue weighted by molar-refractivity contribution is -0.0506. The maximum absolute atomic E-state index is 9.83. The first-order valence-corrected chi connectivity index (χ1v) is 4.47. The van der Waals surface area contributed by atoms with Crippen LogP contribution < -0.4 is 4.90 Å². The molecule has 1 aromatic heterocycles. The number of ether oxygens (including phenoxy) is 1. The SMILES string of the molecule is COCC1(O)CN(c2cccnn2)C1. The van der Waals surface area contributed by atoms with Gasteiger partial charge in [0.1, 0.15) is 5.60 Å². The standard InChI is InChI=1S/C9H13N3O2/c1-14-7-9(13)5-12(6-9)8-3-2-4-10-11-8/h2-4,13H,5-7H2,1H3. The van der Waals surface area contributed by atoms with Gasteiger partial charge in [-0.3, -0.25) is 0 Å². The van der Waals surface area contributed by atoms with Gasteiger partial charge in [0.2, 0.25) is 0 Å². The fourth-order valence-electron chi connectivity index (χ4n) is 1.65. The molecule has 1 aliphatic heterocycles. The van der Waals surface area contributed by atoms with Gasteiger partial charge >= 0.3 is 0 Å². The van der Waals surface area contributed by atoms with Gasteiger partial charge in [-0.25, -0.2) is 0 Å². The third kappa shape index (κ3) is 1.69. The van der Waals surface area contributed by atoms with E-state index in [0.29, 0.717) is 19.7 Å². The lowest BCUT2D eigenvalue weighted by Crippen LogP contribution is -2.64. The van der Waals surface area contributed by atoms with Crippen molar-refractivity contribution in [2.24, 2.45) is 0 Å². The number of β-amino-alcohol motifs (C(OH)–C–C–N with tert-alkyl or cyclic N) is 1. The van der Waals surface area contributed by atoms with E-state index < -0.39 is 5.60 Å². The first-order valence-electron chi connectivity index (χ1n) is 4.47. The van der Waals surface area contributed by atoms with Gasteiger partial charge in [0.15, 0.2) is 5.82 Å². The van der Waals surface area contributed by atoms with E-state index in [1.165, 1.54) is 0 Å². The van der Waals surface area contributed by atoms with Gasteiger partial charge in [-0.2, -0.15) is 5.10 Å².